The lowest BCUT2D eigenvalue weighted by Gasteiger charge is -1.98. The smallest absolute Gasteiger partial charge is 0.0404 e. The Morgan fingerprint density at radius 2 is 2.21 bits per heavy atom. The topological polar surface area (TPSA) is 12.9 Å². The summed E-state index contributed by atoms with van der Waals surface area (Å²) in [5.74, 6) is 1.10. The molecule has 0 bridgehead atoms. The molecule has 0 aliphatic rings. The van der Waals surface area contributed by atoms with Crippen molar-refractivity contribution in [3.8, 4) is 0 Å². The zero-order valence-electron chi connectivity index (χ0n) is 8.86. The average molecular weight is 207 g/mol. The molecule has 14 heavy (non-hydrogen) atoms. The van der Waals surface area contributed by atoms with E-state index in [2.05, 4.69) is 37.0 Å². The van der Waals surface area contributed by atoms with E-state index in [1.807, 2.05) is 24.2 Å². The molecule has 0 saturated heterocycles. The van der Waals surface area contributed by atoms with E-state index >= 15 is 0 Å². The lowest BCUT2D eigenvalue weighted by atomic mass is 10.2. The number of thioether (sulfide) groups is 1. The fraction of sp³-hybridized carbons (Fsp3) is 0.417. The van der Waals surface area contributed by atoms with E-state index in [1.54, 1.807) is 0 Å². The van der Waals surface area contributed by atoms with Gasteiger partial charge < -0.3 is 0 Å². The maximum Gasteiger partial charge on any atom is 0.0404 e. The Morgan fingerprint density at radius 1 is 1.36 bits per heavy atom. The Hall–Kier alpha value is -0.760. The average Bonchev–Trinajstić information content (AvgIpc) is 2.19. The van der Waals surface area contributed by atoms with Crippen LogP contribution in [0.4, 0.5) is 0 Å². The minimum Gasteiger partial charge on any atom is -0.263 e. The highest BCUT2D eigenvalue weighted by Crippen LogP contribution is 2.17. The number of hydrogen-bond acceptors (Lipinski definition) is 2. The standard InChI is InChI=1S/C12H17NS/c1-3-5-6-7-11-8-12(14-4-2)10-13-9-11/h6-10H,3-5H2,1-2H3. The van der Waals surface area contributed by atoms with Crippen LogP contribution >= 0.6 is 11.8 Å². The second-order valence-electron chi connectivity index (χ2n) is 3.08. The van der Waals surface area contributed by atoms with Crippen LogP contribution in [0.5, 0.6) is 0 Å². The monoisotopic (exact) mass is 207 g/mol. The molecule has 0 amide bonds. The Labute approximate surface area is 90.6 Å². The normalized spacial score (nSPS) is 11.0. The maximum atomic E-state index is 4.21. The molecular weight excluding hydrogens is 190 g/mol. The summed E-state index contributed by atoms with van der Waals surface area (Å²) < 4.78 is 0. The van der Waals surface area contributed by atoms with Gasteiger partial charge in [-0.2, -0.15) is 0 Å². The van der Waals surface area contributed by atoms with Crippen LogP contribution in [0.1, 0.15) is 32.3 Å². The number of nitrogens with zero attached hydrogens (tertiary/aromatic N) is 1. The van der Waals surface area contributed by atoms with Crippen molar-refractivity contribution in [1.29, 1.82) is 0 Å². The second kappa shape index (κ2) is 6.66. The van der Waals surface area contributed by atoms with Gasteiger partial charge in [0.25, 0.3) is 0 Å². The largest absolute Gasteiger partial charge is 0.263 e. The summed E-state index contributed by atoms with van der Waals surface area (Å²) in [4.78, 5) is 5.47. The minimum absolute atomic E-state index is 1.10. The number of hydrogen-bond donors (Lipinski definition) is 0. The van der Waals surface area contributed by atoms with Gasteiger partial charge in [0.2, 0.25) is 0 Å². The van der Waals surface area contributed by atoms with Crippen molar-refractivity contribution >= 4 is 17.8 Å². The van der Waals surface area contributed by atoms with Crippen LogP contribution in [-0.2, 0) is 0 Å². The van der Waals surface area contributed by atoms with Crippen molar-refractivity contribution in [2.45, 2.75) is 31.6 Å². The molecule has 0 saturated carbocycles. The van der Waals surface area contributed by atoms with E-state index in [1.165, 1.54) is 16.9 Å². The number of unbranched alkanes of at least 4 members (excludes halogenated alkanes) is 1. The first-order valence-corrected chi connectivity index (χ1v) is 6.09. The maximum absolute atomic E-state index is 4.21. The third-order valence-electron chi connectivity index (χ3n) is 1.81. The van der Waals surface area contributed by atoms with Gasteiger partial charge in [0.05, 0.1) is 0 Å². The van der Waals surface area contributed by atoms with E-state index in [4.69, 9.17) is 0 Å². The fourth-order valence-corrected chi connectivity index (χ4v) is 1.85. The summed E-state index contributed by atoms with van der Waals surface area (Å²) in [5.41, 5.74) is 1.21. The van der Waals surface area contributed by atoms with Crippen molar-refractivity contribution in [3.05, 3.63) is 30.1 Å². The van der Waals surface area contributed by atoms with Gasteiger partial charge in [0.1, 0.15) is 0 Å². The van der Waals surface area contributed by atoms with Gasteiger partial charge in [-0.1, -0.05) is 32.4 Å². The summed E-state index contributed by atoms with van der Waals surface area (Å²) >= 11 is 1.83. The van der Waals surface area contributed by atoms with Crippen LogP contribution in [0.25, 0.3) is 6.08 Å². The number of rotatable bonds is 5. The van der Waals surface area contributed by atoms with E-state index in [-0.39, 0.29) is 0 Å². The Morgan fingerprint density at radius 3 is 2.93 bits per heavy atom. The zero-order chi connectivity index (χ0) is 10.2. The minimum atomic E-state index is 1.10. The van der Waals surface area contributed by atoms with E-state index < -0.39 is 0 Å². The molecule has 2 heteroatoms. The van der Waals surface area contributed by atoms with Crippen molar-refractivity contribution < 1.29 is 0 Å². The van der Waals surface area contributed by atoms with Gasteiger partial charge in [0, 0.05) is 17.3 Å². The molecule has 76 valence electrons. The number of aromatic nitrogens is 1. The highest BCUT2D eigenvalue weighted by molar-refractivity contribution is 7.99. The first-order chi connectivity index (χ1) is 6.86. The molecule has 0 aliphatic carbocycles. The second-order valence-corrected chi connectivity index (χ2v) is 4.42. The quantitative estimate of drug-likeness (QED) is 0.677. The highest BCUT2D eigenvalue weighted by atomic mass is 32.2. The van der Waals surface area contributed by atoms with Gasteiger partial charge in [-0.05, 0) is 23.8 Å². The van der Waals surface area contributed by atoms with Gasteiger partial charge in [-0.15, -0.1) is 11.8 Å². The SMILES string of the molecule is CCCC=Cc1cncc(SCC)c1. The van der Waals surface area contributed by atoms with Crippen LogP contribution in [0, 0.1) is 0 Å². The molecule has 0 radical (unpaired) electrons. The third-order valence-corrected chi connectivity index (χ3v) is 2.66. The predicted molar refractivity (Wildman–Crippen MR) is 64.6 cm³/mol. The molecule has 0 fully saturated rings. The molecule has 0 aliphatic heterocycles. The van der Waals surface area contributed by atoms with Crippen LogP contribution < -0.4 is 0 Å². The van der Waals surface area contributed by atoms with Crippen molar-refractivity contribution in [1.82, 2.24) is 4.98 Å². The molecule has 1 rings (SSSR count). The van der Waals surface area contributed by atoms with Crippen molar-refractivity contribution in [3.63, 3.8) is 0 Å². The summed E-state index contributed by atoms with van der Waals surface area (Å²) in [5, 5.41) is 0. The molecule has 0 N–H and O–H groups in total. The van der Waals surface area contributed by atoms with Crippen LogP contribution in [0.2, 0.25) is 0 Å². The zero-order valence-corrected chi connectivity index (χ0v) is 9.68. The van der Waals surface area contributed by atoms with E-state index in [0.717, 1.165) is 12.2 Å². The highest BCUT2D eigenvalue weighted by Gasteiger charge is 1.93. The third kappa shape index (κ3) is 3.97. The molecule has 1 nitrogen and oxygen atoms in total. The van der Waals surface area contributed by atoms with Crippen molar-refractivity contribution in [2.24, 2.45) is 0 Å². The molecule has 0 unspecified atom stereocenters. The Bertz CT molecular complexity index is 294. The molecule has 1 heterocycles. The Kier molecular flexibility index (Phi) is 5.38. The lowest BCUT2D eigenvalue weighted by Crippen LogP contribution is -1.79. The number of allylic oxidation sites excluding steroid dienone is 1. The van der Waals surface area contributed by atoms with E-state index in [0.29, 0.717) is 0 Å². The molecule has 1 aromatic heterocycles. The molecule has 1 aromatic rings. The van der Waals surface area contributed by atoms with Gasteiger partial charge in [-0.3, -0.25) is 4.98 Å². The summed E-state index contributed by atoms with van der Waals surface area (Å²) in [6.07, 6.45) is 10.5. The first-order valence-electron chi connectivity index (χ1n) is 5.11. The van der Waals surface area contributed by atoms with Crippen LogP contribution in [0.3, 0.4) is 0 Å². The summed E-state index contributed by atoms with van der Waals surface area (Å²) in [6.45, 7) is 4.34. The molecule has 0 atom stereocenters. The van der Waals surface area contributed by atoms with Crippen LogP contribution in [0.15, 0.2) is 29.4 Å². The fourth-order valence-electron chi connectivity index (χ4n) is 1.16. The Balaban J connectivity index is 2.63. The van der Waals surface area contributed by atoms with Gasteiger partial charge in [0.15, 0.2) is 0 Å². The molecular formula is C12H17NS. The van der Waals surface area contributed by atoms with Gasteiger partial charge in [-0.25, -0.2) is 0 Å². The van der Waals surface area contributed by atoms with E-state index in [9.17, 15) is 0 Å². The number of pyridine rings is 1. The first kappa shape index (κ1) is 11.3. The molecule has 0 aromatic carbocycles. The molecule has 0 spiro atoms. The van der Waals surface area contributed by atoms with Gasteiger partial charge >= 0.3 is 0 Å². The predicted octanol–water partition coefficient (Wildman–Crippen LogP) is 4.01. The lowest BCUT2D eigenvalue weighted by molar-refractivity contribution is 0.962. The summed E-state index contributed by atoms with van der Waals surface area (Å²) in [7, 11) is 0. The van der Waals surface area contributed by atoms with Crippen LogP contribution in [-0.4, -0.2) is 10.7 Å². The summed E-state index contributed by atoms with van der Waals surface area (Å²) in [6, 6.07) is 2.19. The van der Waals surface area contributed by atoms with Crippen molar-refractivity contribution in [2.75, 3.05) is 5.75 Å².